The maximum absolute atomic E-state index is 3.61. The van der Waals surface area contributed by atoms with Crippen LogP contribution in [0, 0.1) is 11.3 Å². The highest BCUT2D eigenvalue weighted by molar-refractivity contribution is 4.89. The van der Waals surface area contributed by atoms with Crippen LogP contribution in [0.25, 0.3) is 0 Å². The minimum atomic E-state index is 0.583. The summed E-state index contributed by atoms with van der Waals surface area (Å²) in [5.41, 5.74) is 0.583. The molecule has 0 aromatic carbocycles. The zero-order valence-corrected chi connectivity index (χ0v) is 11.8. The number of piperidine rings is 1. The van der Waals surface area contributed by atoms with Crippen molar-refractivity contribution >= 4 is 0 Å². The summed E-state index contributed by atoms with van der Waals surface area (Å²) >= 11 is 0. The van der Waals surface area contributed by atoms with Gasteiger partial charge in [0.25, 0.3) is 0 Å². The van der Waals surface area contributed by atoms with E-state index in [9.17, 15) is 0 Å². The molecule has 2 atom stereocenters. The van der Waals surface area contributed by atoms with Crippen molar-refractivity contribution in [2.45, 2.75) is 52.4 Å². The van der Waals surface area contributed by atoms with E-state index in [1.54, 1.807) is 0 Å². The SMILES string of the molecule is CCCC1CCN(CC2(CC)CCCNC2)C1. The predicted molar refractivity (Wildman–Crippen MR) is 74.3 cm³/mol. The van der Waals surface area contributed by atoms with Crippen LogP contribution in [0.5, 0.6) is 0 Å². The summed E-state index contributed by atoms with van der Waals surface area (Å²) in [6.07, 6.45) is 8.40. The fourth-order valence-electron chi connectivity index (χ4n) is 3.75. The molecule has 2 rings (SSSR count). The van der Waals surface area contributed by atoms with Crippen molar-refractivity contribution in [3.05, 3.63) is 0 Å². The Morgan fingerprint density at radius 1 is 1.35 bits per heavy atom. The lowest BCUT2D eigenvalue weighted by atomic mass is 9.78. The molecule has 2 unspecified atom stereocenters. The van der Waals surface area contributed by atoms with Crippen LogP contribution in [0.3, 0.4) is 0 Å². The van der Waals surface area contributed by atoms with E-state index in [0.717, 1.165) is 5.92 Å². The van der Waals surface area contributed by atoms with Gasteiger partial charge in [-0.3, -0.25) is 0 Å². The van der Waals surface area contributed by atoms with Gasteiger partial charge in [0, 0.05) is 19.6 Å². The fraction of sp³-hybridized carbons (Fsp3) is 1.00. The quantitative estimate of drug-likeness (QED) is 0.792. The monoisotopic (exact) mass is 238 g/mol. The van der Waals surface area contributed by atoms with Gasteiger partial charge in [-0.15, -0.1) is 0 Å². The average molecular weight is 238 g/mol. The average Bonchev–Trinajstić information content (AvgIpc) is 2.78. The van der Waals surface area contributed by atoms with E-state index in [1.807, 2.05) is 0 Å². The van der Waals surface area contributed by atoms with Crippen LogP contribution in [-0.2, 0) is 0 Å². The van der Waals surface area contributed by atoms with Gasteiger partial charge in [0.15, 0.2) is 0 Å². The second-order valence-electron chi connectivity index (χ2n) is 6.31. The Morgan fingerprint density at radius 2 is 2.24 bits per heavy atom. The third kappa shape index (κ3) is 3.45. The maximum Gasteiger partial charge on any atom is 0.00502 e. The van der Waals surface area contributed by atoms with Crippen molar-refractivity contribution in [1.82, 2.24) is 10.2 Å². The molecule has 0 aliphatic carbocycles. The first-order chi connectivity index (χ1) is 8.28. The van der Waals surface area contributed by atoms with E-state index >= 15 is 0 Å². The Hall–Kier alpha value is -0.0800. The first-order valence-corrected chi connectivity index (χ1v) is 7.71. The standard InChI is InChI=1S/C15H30N2/c1-3-6-14-7-10-17(11-14)13-15(4-2)8-5-9-16-12-15/h14,16H,3-13H2,1-2H3. The Morgan fingerprint density at radius 3 is 2.88 bits per heavy atom. The lowest BCUT2D eigenvalue weighted by Gasteiger charge is -2.40. The van der Waals surface area contributed by atoms with E-state index in [-0.39, 0.29) is 0 Å². The van der Waals surface area contributed by atoms with Gasteiger partial charge in [0.1, 0.15) is 0 Å². The van der Waals surface area contributed by atoms with Gasteiger partial charge in [-0.25, -0.2) is 0 Å². The number of likely N-dealkylation sites (tertiary alicyclic amines) is 1. The zero-order valence-electron chi connectivity index (χ0n) is 11.8. The summed E-state index contributed by atoms with van der Waals surface area (Å²) in [6.45, 7) is 11.3. The minimum absolute atomic E-state index is 0.583. The summed E-state index contributed by atoms with van der Waals surface area (Å²) in [7, 11) is 0. The summed E-state index contributed by atoms with van der Waals surface area (Å²) in [5.74, 6) is 0.991. The van der Waals surface area contributed by atoms with Gasteiger partial charge in [0.2, 0.25) is 0 Å². The highest BCUT2D eigenvalue weighted by Gasteiger charge is 2.34. The van der Waals surface area contributed by atoms with Crippen LogP contribution in [0.2, 0.25) is 0 Å². The second kappa shape index (κ2) is 6.19. The van der Waals surface area contributed by atoms with E-state index in [0.29, 0.717) is 5.41 Å². The largest absolute Gasteiger partial charge is 0.316 e. The Bertz CT molecular complexity index is 221. The summed E-state index contributed by atoms with van der Waals surface area (Å²) in [6, 6.07) is 0. The normalized spacial score (nSPS) is 35.3. The summed E-state index contributed by atoms with van der Waals surface area (Å²) < 4.78 is 0. The van der Waals surface area contributed by atoms with Crippen molar-refractivity contribution in [2.24, 2.45) is 11.3 Å². The Labute approximate surface area is 107 Å². The number of nitrogens with one attached hydrogen (secondary N) is 1. The van der Waals surface area contributed by atoms with Crippen LogP contribution in [-0.4, -0.2) is 37.6 Å². The predicted octanol–water partition coefficient (Wildman–Crippen LogP) is 2.89. The molecular weight excluding hydrogens is 208 g/mol. The summed E-state index contributed by atoms with van der Waals surface area (Å²) in [4.78, 5) is 2.75. The van der Waals surface area contributed by atoms with Crippen LogP contribution in [0.15, 0.2) is 0 Å². The van der Waals surface area contributed by atoms with Gasteiger partial charge in [-0.05, 0) is 56.5 Å². The molecule has 2 aliphatic rings. The molecule has 2 saturated heterocycles. The Balaban J connectivity index is 1.83. The molecule has 0 spiro atoms. The second-order valence-corrected chi connectivity index (χ2v) is 6.31. The molecule has 2 heteroatoms. The van der Waals surface area contributed by atoms with Crippen molar-refractivity contribution in [3.63, 3.8) is 0 Å². The van der Waals surface area contributed by atoms with Gasteiger partial charge < -0.3 is 10.2 Å². The number of hydrogen-bond donors (Lipinski definition) is 1. The molecule has 2 aliphatic heterocycles. The van der Waals surface area contributed by atoms with Gasteiger partial charge in [-0.1, -0.05) is 20.3 Å². The van der Waals surface area contributed by atoms with Gasteiger partial charge in [-0.2, -0.15) is 0 Å². The fourth-order valence-corrected chi connectivity index (χ4v) is 3.75. The molecule has 0 bridgehead atoms. The first-order valence-electron chi connectivity index (χ1n) is 7.71. The highest BCUT2D eigenvalue weighted by atomic mass is 15.2. The molecule has 0 radical (unpaired) electrons. The third-order valence-corrected chi connectivity index (χ3v) is 4.94. The molecule has 0 aromatic rings. The zero-order chi connectivity index (χ0) is 12.1. The van der Waals surface area contributed by atoms with Gasteiger partial charge in [0.05, 0.1) is 0 Å². The van der Waals surface area contributed by atoms with Crippen molar-refractivity contribution in [1.29, 1.82) is 0 Å². The molecule has 2 heterocycles. The van der Waals surface area contributed by atoms with Crippen LogP contribution >= 0.6 is 0 Å². The number of rotatable bonds is 5. The third-order valence-electron chi connectivity index (χ3n) is 4.94. The van der Waals surface area contributed by atoms with E-state index in [2.05, 4.69) is 24.1 Å². The molecule has 2 fully saturated rings. The van der Waals surface area contributed by atoms with Crippen LogP contribution in [0.4, 0.5) is 0 Å². The van der Waals surface area contributed by atoms with Crippen molar-refractivity contribution < 1.29 is 0 Å². The van der Waals surface area contributed by atoms with Crippen LogP contribution in [0.1, 0.15) is 52.4 Å². The maximum atomic E-state index is 3.61. The molecule has 0 aromatic heterocycles. The summed E-state index contributed by atoms with van der Waals surface area (Å²) in [5, 5.41) is 3.61. The molecule has 0 amide bonds. The molecule has 1 N–H and O–H groups in total. The molecule has 2 nitrogen and oxygen atoms in total. The number of hydrogen-bond acceptors (Lipinski definition) is 2. The van der Waals surface area contributed by atoms with E-state index in [1.165, 1.54) is 71.2 Å². The highest BCUT2D eigenvalue weighted by Crippen LogP contribution is 2.33. The minimum Gasteiger partial charge on any atom is -0.316 e. The van der Waals surface area contributed by atoms with Crippen molar-refractivity contribution in [2.75, 3.05) is 32.7 Å². The topological polar surface area (TPSA) is 15.3 Å². The Kier molecular flexibility index (Phi) is 4.87. The van der Waals surface area contributed by atoms with E-state index in [4.69, 9.17) is 0 Å². The van der Waals surface area contributed by atoms with Gasteiger partial charge >= 0.3 is 0 Å². The first kappa shape index (κ1) is 13.4. The molecule has 100 valence electrons. The lowest BCUT2D eigenvalue weighted by Crippen LogP contribution is -2.46. The van der Waals surface area contributed by atoms with Crippen LogP contribution < -0.4 is 5.32 Å². The smallest absolute Gasteiger partial charge is 0.00502 e. The molecule has 17 heavy (non-hydrogen) atoms. The molecular formula is C15H30N2. The van der Waals surface area contributed by atoms with Crippen molar-refractivity contribution in [3.8, 4) is 0 Å². The lowest BCUT2D eigenvalue weighted by molar-refractivity contribution is 0.125. The number of nitrogens with zero attached hydrogens (tertiary/aromatic N) is 1. The molecule has 0 saturated carbocycles. The van der Waals surface area contributed by atoms with E-state index < -0.39 is 0 Å².